The molecule has 0 aliphatic carbocycles. The number of benzene rings is 1. The van der Waals surface area contributed by atoms with E-state index in [4.69, 9.17) is 9.15 Å². The van der Waals surface area contributed by atoms with Crippen molar-refractivity contribution >= 4 is 23.0 Å². The Bertz CT molecular complexity index is 767. The molecule has 0 bridgehead atoms. The number of Topliss-reactive ketones (excluding diaryl/α,β-unsaturated/α-hetero) is 1. The second kappa shape index (κ2) is 6.68. The summed E-state index contributed by atoms with van der Waals surface area (Å²) in [4.78, 5) is 37.2. The minimum Gasteiger partial charge on any atom is -0.444 e. The average Bonchev–Trinajstić information content (AvgIpc) is 2.80. The van der Waals surface area contributed by atoms with Crippen LogP contribution in [0.15, 0.2) is 27.4 Å². The molecule has 1 heterocycles. The van der Waals surface area contributed by atoms with Gasteiger partial charge in [-0.2, -0.15) is 0 Å². The zero-order valence-corrected chi connectivity index (χ0v) is 13.4. The third-order valence-corrected chi connectivity index (χ3v) is 2.99. The first-order valence-corrected chi connectivity index (χ1v) is 7.37. The van der Waals surface area contributed by atoms with Gasteiger partial charge in [0.05, 0.1) is 5.52 Å². The van der Waals surface area contributed by atoms with Crippen molar-refractivity contribution < 1.29 is 18.7 Å². The fraction of sp³-hybridized carbons (Fsp3) is 0.438. The number of fused-ring (bicyclic) bond motifs is 1. The highest BCUT2D eigenvalue weighted by Crippen LogP contribution is 2.14. The van der Waals surface area contributed by atoms with Crippen molar-refractivity contribution in [3.8, 4) is 0 Å². The first-order valence-electron chi connectivity index (χ1n) is 7.37. The lowest BCUT2D eigenvalue weighted by atomic mass is 10.1. The van der Waals surface area contributed by atoms with E-state index in [0.29, 0.717) is 29.6 Å². The highest BCUT2D eigenvalue weighted by molar-refractivity contribution is 5.98. The Morgan fingerprint density at radius 3 is 2.74 bits per heavy atom. The van der Waals surface area contributed by atoms with Crippen molar-refractivity contribution in [2.24, 2.45) is 0 Å². The van der Waals surface area contributed by atoms with Crippen LogP contribution in [0.1, 0.15) is 44.0 Å². The van der Waals surface area contributed by atoms with Gasteiger partial charge in [-0.3, -0.25) is 9.78 Å². The summed E-state index contributed by atoms with van der Waals surface area (Å²) in [5.74, 6) is -0.632. The monoisotopic (exact) mass is 320 g/mol. The van der Waals surface area contributed by atoms with Crippen LogP contribution in [0.4, 0.5) is 4.79 Å². The summed E-state index contributed by atoms with van der Waals surface area (Å²) in [5.41, 5.74) is 0.832. The van der Waals surface area contributed by atoms with E-state index >= 15 is 0 Å². The summed E-state index contributed by atoms with van der Waals surface area (Å²) in [6.07, 6.45) is 0.267. The highest BCUT2D eigenvalue weighted by atomic mass is 16.6. The van der Waals surface area contributed by atoms with Crippen LogP contribution in [0.2, 0.25) is 0 Å². The van der Waals surface area contributed by atoms with Gasteiger partial charge in [-0.05, 0) is 45.4 Å². The molecule has 1 aromatic carbocycles. The van der Waals surface area contributed by atoms with Gasteiger partial charge in [0.1, 0.15) is 5.60 Å². The summed E-state index contributed by atoms with van der Waals surface area (Å²) in [7, 11) is 0. The second-order valence-electron chi connectivity index (χ2n) is 6.18. The zero-order valence-electron chi connectivity index (χ0n) is 13.4. The number of amides is 1. The third kappa shape index (κ3) is 4.98. The Balaban J connectivity index is 1.82. The lowest BCUT2D eigenvalue weighted by molar-refractivity contribution is 0.0525. The van der Waals surface area contributed by atoms with Crippen molar-refractivity contribution in [3.05, 3.63) is 34.3 Å². The van der Waals surface area contributed by atoms with E-state index in [1.54, 1.807) is 32.9 Å². The fourth-order valence-corrected chi connectivity index (χ4v) is 2.02. The lowest BCUT2D eigenvalue weighted by Crippen LogP contribution is -2.33. The number of ether oxygens (including phenoxy) is 1. The molecule has 0 spiro atoms. The van der Waals surface area contributed by atoms with Gasteiger partial charge in [-0.15, -0.1) is 0 Å². The normalized spacial score (nSPS) is 11.4. The van der Waals surface area contributed by atoms with Crippen LogP contribution in [-0.2, 0) is 4.74 Å². The Kier molecular flexibility index (Phi) is 4.88. The minimum atomic E-state index is -0.550. The quantitative estimate of drug-likeness (QED) is 0.651. The summed E-state index contributed by atoms with van der Waals surface area (Å²) in [5, 5.41) is 2.60. The van der Waals surface area contributed by atoms with Gasteiger partial charge in [0.25, 0.3) is 0 Å². The molecule has 7 nitrogen and oxygen atoms in total. The van der Waals surface area contributed by atoms with Gasteiger partial charge in [-0.25, -0.2) is 9.59 Å². The molecule has 1 aromatic heterocycles. The Hall–Kier alpha value is -2.57. The van der Waals surface area contributed by atoms with Gasteiger partial charge >= 0.3 is 11.8 Å². The van der Waals surface area contributed by atoms with Crippen LogP contribution in [0, 0.1) is 0 Å². The number of rotatable bonds is 5. The summed E-state index contributed by atoms with van der Waals surface area (Å²) < 4.78 is 10.0. The molecule has 0 aliphatic rings. The van der Waals surface area contributed by atoms with Gasteiger partial charge < -0.3 is 14.5 Å². The standard InChI is InChI=1S/C16H20N2O5/c1-16(2,3)23-14(20)17-8-4-5-12(19)10-6-7-11-13(9-10)22-15(21)18-11/h6-7,9H,4-5,8H2,1-3H3,(H,17,20)(H,18,21). The number of hydrogen-bond acceptors (Lipinski definition) is 5. The van der Waals surface area contributed by atoms with Crippen molar-refractivity contribution in [3.63, 3.8) is 0 Å². The molecule has 0 saturated carbocycles. The zero-order chi connectivity index (χ0) is 17.0. The molecule has 0 unspecified atom stereocenters. The molecule has 0 saturated heterocycles. The lowest BCUT2D eigenvalue weighted by Gasteiger charge is -2.19. The predicted molar refractivity (Wildman–Crippen MR) is 84.6 cm³/mol. The SMILES string of the molecule is CC(C)(C)OC(=O)NCCCC(=O)c1ccc2[nH]c(=O)oc2c1. The molecular weight excluding hydrogens is 300 g/mol. The van der Waals surface area contributed by atoms with Crippen LogP contribution in [0.5, 0.6) is 0 Å². The van der Waals surface area contributed by atoms with Crippen LogP contribution in [-0.4, -0.2) is 29.0 Å². The van der Waals surface area contributed by atoms with Crippen LogP contribution >= 0.6 is 0 Å². The third-order valence-electron chi connectivity index (χ3n) is 2.99. The van der Waals surface area contributed by atoms with Crippen molar-refractivity contribution in [1.29, 1.82) is 0 Å². The number of alkyl carbamates (subject to hydrolysis) is 1. The number of aromatic nitrogens is 1. The topological polar surface area (TPSA) is 101 Å². The van der Waals surface area contributed by atoms with E-state index in [2.05, 4.69) is 10.3 Å². The van der Waals surface area contributed by atoms with Gasteiger partial charge in [0.15, 0.2) is 11.4 Å². The fourth-order valence-electron chi connectivity index (χ4n) is 2.02. The molecular formula is C16H20N2O5. The van der Waals surface area contributed by atoms with Crippen molar-refractivity contribution in [2.45, 2.75) is 39.2 Å². The minimum absolute atomic E-state index is 0.0817. The molecule has 2 rings (SSSR count). The number of oxazole rings is 1. The molecule has 124 valence electrons. The maximum Gasteiger partial charge on any atom is 0.417 e. The number of H-pyrrole nitrogens is 1. The first kappa shape index (κ1) is 16.8. The summed E-state index contributed by atoms with van der Waals surface area (Å²) >= 11 is 0. The Morgan fingerprint density at radius 1 is 1.30 bits per heavy atom. The molecule has 0 atom stereocenters. The van der Waals surface area contributed by atoms with Crippen LogP contribution < -0.4 is 11.1 Å². The molecule has 0 fully saturated rings. The van der Waals surface area contributed by atoms with Gasteiger partial charge in [0.2, 0.25) is 0 Å². The van der Waals surface area contributed by atoms with Crippen molar-refractivity contribution in [1.82, 2.24) is 10.3 Å². The molecule has 1 amide bonds. The largest absolute Gasteiger partial charge is 0.444 e. The van der Waals surface area contributed by atoms with E-state index in [0.717, 1.165) is 0 Å². The van der Waals surface area contributed by atoms with E-state index in [-0.39, 0.29) is 12.2 Å². The molecule has 2 aromatic rings. The maximum absolute atomic E-state index is 12.1. The number of carbonyl (C=O) groups excluding carboxylic acids is 2. The Morgan fingerprint density at radius 2 is 2.04 bits per heavy atom. The number of aromatic amines is 1. The van der Waals surface area contributed by atoms with Gasteiger partial charge in [-0.1, -0.05) is 0 Å². The van der Waals surface area contributed by atoms with Gasteiger partial charge in [0, 0.05) is 18.5 Å². The van der Waals surface area contributed by atoms with E-state index < -0.39 is 17.5 Å². The highest BCUT2D eigenvalue weighted by Gasteiger charge is 2.15. The molecule has 0 radical (unpaired) electrons. The van der Waals surface area contributed by atoms with Crippen LogP contribution in [0.3, 0.4) is 0 Å². The number of ketones is 1. The number of carbonyl (C=O) groups is 2. The van der Waals surface area contributed by atoms with Crippen LogP contribution in [0.25, 0.3) is 11.1 Å². The maximum atomic E-state index is 12.1. The predicted octanol–water partition coefficient (Wildman–Crippen LogP) is 2.61. The summed E-state index contributed by atoms with van der Waals surface area (Å²) in [6.45, 7) is 5.70. The molecule has 0 aliphatic heterocycles. The van der Waals surface area contributed by atoms with E-state index in [1.165, 1.54) is 6.07 Å². The van der Waals surface area contributed by atoms with E-state index in [1.807, 2.05) is 0 Å². The summed E-state index contributed by atoms with van der Waals surface area (Å²) in [6, 6.07) is 4.81. The molecule has 2 N–H and O–H groups in total. The van der Waals surface area contributed by atoms with Crippen molar-refractivity contribution in [2.75, 3.05) is 6.54 Å². The number of nitrogens with one attached hydrogen (secondary N) is 2. The first-order chi connectivity index (χ1) is 10.7. The molecule has 23 heavy (non-hydrogen) atoms. The second-order valence-corrected chi connectivity index (χ2v) is 6.18. The smallest absolute Gasteiger partial charge is 0.417 e. The Labute approximate surface area is 133 Å². The molecule has 7 heteroatoms. The number of hydrogen-bond donors (Lipinski definition) is 2. The average molecular weight is 320 g/mol. The van der Waals surface area contributed by atoms with E-state index in [9.17, 15) is 14.4 Å².